The van der Waals surface area contributed by atoms with Gasteiger partial charge in [0.05, 0.1) is 0 Å². The van der Waals surface area contributed by atoms with Crippen LogP contribution in [-0.2, 0) is 27.4 Å². The Morgan fingerprint density at radius 2 is 0.716 bits per heavy atom. The van der Waals surface area contributed by atoms with Gasteiger partial charge in [0, 0.05) is 99.1 Å². The van der Waals surface area contributed by atoms with Crippen LogP contribution in [0.4, 0.5) is 21.9 Å². The number of carbonyl (C=O) groups excluding carboxylic acids is 1. The summed E-state index contributed by atoms with van der Waals surface area (Å²) >= 11 is 9.21. The molecule has 8 fully saturated rings. The lowest BCUT2D eigenvalue weighted by molar-refractivity contribution is -0.134. The Labute approximate surface area is 658 Å². The number of alkyl halides is 1. The van der Waals surface area contributed by atoms with E-state index in [9.17, 15) is 14.4 Å². The highest BCUT2D eigenvalue weighted by Gasteiger charge is 2.38. The normalized spacial score (nSPS) is 22.8. The predicted octanol–water partition coefficient (Wildman–Crippen LogP) is 18.6. The van der Waals surface area contributed by atoms with Gasteiger partial charge in [0.15, 0.2) is 5.56 Å². The highest BCUT2D eigenvalue weighted by atomic mass is 79.9. The Hall–Kier alpha value is -8.80. The molecule has 8 saturated heterocycles. The molecule has 9 atom stereocenters. The lowest BCUT2D eigenvalue weighted by Crippen LogP contribution is -2.34. The van der Waals surface area contributed by atoms with E-state index in [0.717, 1.165) is 92.1 Å². The molecule has 0 saturated carbocycles. The van der Waals surface area contributed by atoms with Crippen molar-refractivity contribution in [2.45, 2.75) is 76.9 Å². The van der Waals surface area contributed by atoms with Crippen LogP contribution in [0.1, 0.15) is 69.4 Å². The Kier molecular flexibility index (Phi) is 28.2. The summed E-state index contributed by atoms with van der Waals surface area (Å²) in [4.78, 5) is 46.1. The molecule has 16 heteroatoms. The number of benzene rings is 10. The van der Waals surface area contributed by atoms with E-state index in [1.54, 1.807) is 6.92 Å². The zero-order valence-electron chi connectivity index (χ0n) is 63.1. The van der Waals surface area contributed by atoms with Crippen molar-refractivity contribution < 1.29 is 29.3 Å². The summed E-state index contributed by atoms with van der Waals surface area (Å²) in [5, 5.41) is 33.2. The van der Waals surface area contributed by atoms with Gasteiger partial charge in [0.25, 0.3) is 0 Å². The van der Waals surface area contributed by atoms with E-state index >= 15 is 0 Å². The molecule has 10 aromatic rings. The van der Waals surface area contributed by atoms with Crippen molar-refractivity contribution in [3.8, 4) is 0 Å². The number of amides is 1. The number of hydrogen-bond acceptors (Lipinski definition) is 11. The quantitative estimate of drug-likeness (QED) is 0.0762. The molecular formula is C93H108BrClN8O6. The molecule has 109 heavy (non-hydrogen) atoms. The van der Waals surface area contributed by atoms with E-state index in [-0.39, 0.29) is 6.09 Å². The molecule has 0 aliphatic carbocycles. The third-order valence-electron chi connectivity index (χ3n) is 23.8. The van der Waals surface area contributed by atoms with Crippen LogP contribution in [0.2, 0.25) is 0 Å². The minimum absolute atomic E-state index is 0.279. The number of carboxylic acid groups (broad SMARTS) is 2. The van der Waals surface area contributed by atoms with Crippen LogP contribution in [0.25, 0.3) is 43.1 Å². The first kappa shape index (κ1) is 78.3. The number of carboxylic acids is 2. The first-order valence-corrected chi connectivity index (χ1v) is 41.0. The summed E-state index contributed by atoms with van der Waals surface area (Å²) in [5.41, 5.74) is 6.45. The molecule has 0 bridgehead atoms. The highest BCUT2D eigenvalue weighted by Crippen LogP contribution is 2.39. The predicted molar refractivity (Wildman–Crippen MR) is 452 cm³/mol. The standard InChI is InChI=1S/C25H28N2.C21H25ClN2O2.C18H22N2.C15H22N2.C10H7Br.C4H4O4/c1-2-6-20(7-3-1)17-26-14-12-23-18-27(19-24(23)13-15-26)25-11-10-21-8-4-5-9-22(21)16-25;1-15(22)26-21(25)23-10-8-18-13-24(14-19(18)9-11-23)20-7-6-16-4-2-3-5-17(16)12-20;1-2-4-15-11-18(6-5-14(15)3-1)20-12-16-7-9-19-10-8-17(16)13-20;1-2-4-13(5-3-1)12-17-8-6-14-10-16-11-15(14)7-9-17;11-10-6-5-8-3-1-2-4-9(8)7-10;5-3(6)1-2-4(7)8/h1-11,16,23-24H,12-15,17-19H2;2-7,12,15,18-19H,8-11,13-14H2,1H3;1-6,11,16-17,19H,7-10,12-13H2;1-5,14-16H,6-12H2;1-7H;1-2H,(H,5,6)(H,7,8)/b;;;;;2-1-. The van der Waals surface area contributed by atoms with Gasteiger partial charge in [-0.3, -0.25) is 9.80 Å². The maximum absolute atomic E-state index is 12.1. The number of anilines is 3. The summed E-state index contributed by atoms with van der Waals surface area (Å²) in [7, 11) is 0. The van der Waals surface area contributed by atoms with Crippen molar-refractivity contribution in [1.82, 2.24) is 25.3 Å². The largest absolute Gasteiger partial charge is 0.478 e. The fourth-order valence-electron chi connectivity index (χ4n) is 17.8. The molecule has 0 spiro atoms. The van der Waals surface area contributed by atoms with E-state index in [4.69, 9.17) is 26.6 Å². The van der Waals surface area contributed by atoms with Gasteiger partial charge in [-0.25, -0.2) is 14.4 Å². The fourth-order valence-corrected chi connectivity index (χ4v) is 18.2. The average Bonchev–Trinajstić information content (AvgIpc) is 1.71. The SMILES string of the molecule is Brc1ccc2ccccc2c1.CC(Cl)OC(=O)N1CCC2CN(c3ccc4ccccc4c3)CC2CC1.O=C(O)/C=C\C(=O)O.c1ccc(CN2CCC3CN(c4ccc5ccccc5c4)CC3CC2)cc1.c1ccc(CN2CCC3CNCC3CC2)cc1.c1ccc2cc(N3CC4CCNCCC4C3)ccc2c1. The van der Waals surface area contributed by atoms with Crippen molar-refractivity contribution in [3.05, 3.63) is 258 Å². The minimum Gasteiger partial charge on any atom is -0.478 e. The van der Waals surface area contributed by atoms with Crippen molar-refractivity contribution in [1.29, 1.82) is 0 Å². The van der Waals surface area contributed by atoms with Crippen LogP contribution in [0.3, 0.4) is 0 Å². The number of fused-ring (bicyclic) bond motifs is 8. The van der Waals surface area contributed by atoms with E-state index in [0.29, 0.717) is 24.0 Å². The lowest BCUT2D eigenvalue weighted by atomic mass is 9.92. The molecule has 8 heterocycles. The van der Waals surface area contributed by atoms with E-state index in [1.807, 2.05) is 4.90 Å². The monoisotopic (exact) mass is 1550 g/mol. The molecule has 8 aliphatic rings. The van der Waals surface area contributed by atoms with Gasteiger partial charge in [-0.2, -0.15) is 0 Å². The molecule has 14 nitrogen and oxygen atoms in total. The first-order valence-electron chi connectivity index (χ1n) is 39.8. The summed E-state index contributed by atoms with van der Waals surface area (Å²) in [6, 6.07) is 82.9. The summed E-state index contributed by atoms with van der Waals surface area (Å²) < 4.78 is 6.28. The zero-order chi connectivity index (χ0) is 75.3. The fraction of sp³-hybridized carbons (Fsp3) is 0.387. The Balaban J connectivity index is 0.000000120. The summed E-state index contributed by atoms with van der Waals surface area (Å²) in [5.74, 6) is 4.09. The Bertz CT molecular complexity index is 4530. The van der Waals surface area contributed by atoms with Gasteiger partial charge in [0.1, 0.15) is 0 Å². The molecular weight excluding hydrogens is 1440 g/mol. The summed E-state index contributed by atoms with van der Waals surface area (Å²) in [6.45, 7) is 22.4. The van der Waals surface area contributed by atoms with Crippen molar-refractivity contribution >= 4 is 106 Å². The minimum atomic E-state index is -1.26. The van der Waals surface area contributed by atoms with E-state index in [2.05, 4.69) is 282 Å². The number of ether oxygens (including phenoxy) is 1. The third kappa shape index (κ3) is 22.5. The number of likely N-dealkylation sites (tertiary alicyclic amines) is 3. The van der Waals surface area contributed by atoms with Crippen LogP contribution < -0.4 is 25.3 Å². The second-order valence-electron chi connectivity index (χ2n) is 31.0. The highest BCUT2D eigenvalue weighted by molar-refractivity contribution is 9.10. The molecule has 9 unspecified atom stereocenters. The number of nitrogens with zero attached hydrogens (tertiary/aromatic N) is 6. The topological polar surface area (TPSA) is 144 Å². The van der Waals surface area contributed by atoms with E-state index in [1.165, 1.54) is 188 Å². The second-order valence-corrected chi connectivity index (χ2v) is 32.6. The Morgan fingerprint density at radius 1 is 0.404 bits per heavy atom. The van der Waals surface area contributed by atoms with Gasteiger partial charge in [0.2, 0.25) is 0 Å². The number of carbonyl (C=O) groups is 3. The molecule has 1 amide bonds. The van der Waals surface area contributed by atoms with Crippen molar-refractivity contribution in [2.75, 3.05) is 119 Å². The number of hydrogen-bond donors (Lipinski definition) is 4. The second kappa shape index (κ2) is 39.2. The van der Waals surface area contributed by atoms with Crippen LogP contribution in [0, 0.1) is 47.3 Å². The number of nitrogens with one attached hydrogen (secondary N) is 2. The number of rotatable bonds is 10. The van der Waals surface area contributed by atoms with Gasteiger partial charge in [-0.1, -0.05) is 210 Å². The Morgan fingerprint density at radius 3 is 1.07 bits per heavy atom. The van der Waals surface area contributed by atoms with Crippen LogP contribution in [-0.4, -0.2) is 153 Å². The molecule has 0 radical (unpaired) electrons. The number of halogens is 2. The molecule has 570 valence electrons. The molecule has 8 aliphatic heterocycles. The van der Waals surface area contributed by atoms with Gasteiger partial charge >= 0.3 is 18.0 Å². The van der Waals surface area contributed by atoms with Gasteiger partial charge in [-0.15, -0.1) is 0 Å². The maximum Gasteiger partial charge on any atom is 0.411 e. The molecule has 10 aromatic carbocycles. The van der Waals surface area contributed by atoms with E-state index < -0.39 is 17.5 Å². The maximum atomic E-state index is 12.1. The van der Waals surface area contributed by atoms with Gasteiger partial charge < -0.3 is 45.2 Å². The van der Waals surface area contributed by atoms with Gasteiger partial charge in [-0.05, 0) is 261 Å². The van der Waals surface area contributed by atoms with Crippen LogP contribution in [0.15, 0.2) is 247 Å². The smallest absolute Gasteiger partial charge is 0.411 e. The van der Waals surface area contributed by atoms with Crippen molar-refractivity contribution in [3.63, 3.8) is 0 Å². The number of aliphatic carboxylic acids is 2. The van der Waals surface area contributed by atoms with Crippen LogP contribution >= 0.6 is 27.5 Å². The molecule has 0 aromatic heterocycles. The van der Waals surface area contributed by atoms with Crippen molar-refractivity contribution in [2.24, 2.45) is 47.3 Å². The van der Waals surface area contributed by atoms with Crippen LogP contribution in [0.5, 0.6) is 0 Å². The first-order chi connectivity index (χ1) is 53.2. The molecule has 18 rings (SSSR count). The average molecular weight is 1550 g/mol. The zero-order valence-corrected chi connectivity index (χ0v) is 65.5. The lowest BCUT2D eigenvalue weighted by Gasteiger charge is -2.23. The third-order valence-corrected chi connectivity index (χ3v) is 24.4. The molecule has 4 N–H and O–H groups in total. The summed E-state index contributed by atoms with van der Waals surface area (Å²) in [6.07, 6.45) is 11.0.